The van der Waals surface area contributed by atoms with Crippen molar-refractivity contribution in [3.63, 3.8) is 0 Å². The summed E-state index contributed by atoms with van der Waals surface area (Å²) in [5, 5.41) is 2.80. The smallest absolute Gasteiger partial charge is 0.0956 e. The van der Waals surface area contributed by atoms with Crippen LogP contribution in [-0.2, 0) is 0 Å². The van der Waals surface area contributed by atoms with Gasteiger partial charge in [-0.3, -0.25) is 0 Å². The Bertz CT molecular complexity index is 75.9. The van der Waals surface area contributed by atoms with Gasteiger partial charge in [0.15, 0.2) is 0 Å². The highest BCUT2D eigenvalue weighted by molar-refractivity contribution is 5.06. The highest BCUT2D eigenvalue weighted by Crippen LogP contribution is 1.66. The lowest BCUT2D eigenvalue weighted by Gasteiger charge is -1.78. The third-order valence-corrected chi connectivity index (χ3v) is 0.495. The Labute approximate surface area is 45.1 Å². The van der Waals surface area contributed by atoms with E-state index in [4.69, 9.17) is 0 Å². The second-order valence-corrected chi connectivity index (χ2v) is 1.11. The van der Waals surface area contributed by atoms with Crippen LogP contribution in [0, 0.1) is 18.4 Å². The predicted octanol–water partition coefficient (Wildman–Crippen LogP) is 0.781. The molecule has 0 heterocycles. The minimum atomic E-state index is 0.929. The molecule has 0 amide bonds. The predicted molar refractivity (Wildman–Crippen MR) is 31.4 cm³/mol. The van der Waals surface area contributed by atoms with Crippen molar-refractivity contribution in [3.8, 4) is 11.8 Å². The molecule has 1 radical (unpaired) electrons. The van der Waals surface area contributed by atoms with Crippen molar-refractivity contribution in [2.45, 2.75) is 13.3 Å². The Morgan fingerprint density at radius 3 is 2.86 bits per heavy atom. The largest absolute Gasteiger partial charge is 0.305 e. The third-order valence-electron chi connectivity index (χ3n) is 0.495. The maximum Gasteiger partial charge on any atom is 0.0956 e. The lowest BCUT2D eigenvalue weighted by Crippen LogP contribution is -1.96. The third kappa shape index (κ3) is 5.52. The van der Waals surface area contributed by atoms with Crippen LogP contribution in [0.4, 0.5) is 0 Å². The van der Waals surface area contributed by atoms with Gasteiger partial charge in [-0.05, 0) is 7.05 Å². The summed E-state index contributed by atoms with van der Waals surface area (Å²) in [7, 11) is 1.84. The monoisotopic (exact) mass is 96.1 g/mol. The summed E-state index contributed by atoms with van der Waals surface area (Å²) in [5.41, 5.74) is 0. The molecule has 0 atom stereocenters. The van der Waals surface area contributed by atoms with E-state index < -0.39 is 0 Å². The molecule has 0 aliphatic heterocycles. The zero-order valence-electron chi connectivity index (χ0n) is 4.78. The van der Waals surface area contributed by atoms with Crippen molar-refractivity contribution < 1.29 is 0 Å². The Morgan fingerprint density at radius 1 is 1.71 bits per heavy atom. The summed E-state index contributed by atoms with van der Waals surface area (Å²) in [4.78, 5) is 0. The fourth-order valence-corrected chi connectivity index (χ4v) is 0.225. The zero-order valence-corrected chi connectivity index (χ0v) is 4.78. The molecular weight excluding hydrogens is 86.1 g/mol. The molecule has 1 nitrogen and oxygen atoms in total. The van der Waals surface area contributed by atoms with E-state index in [0.29, 0.717) is 0 Å². The zero-order chi connectivity index (χ0) is 5.54. The Morgan fingerprint density at radius 2 is 2.43 bits per heavy atom. The highest BCUT2D eigenvalue weighted by atomic mass is 14.8. The first-order chi connectivity index (χ1) is 3.41. The molecule has 0 saturated heterocycles. The molecule has 0 aliphatic carbocycles. The van der Waals surface area contributed by atoms with E-state index in [1.807, 2.05) is 14.0 Å². The van der Waals surface area contributed by atoms with Gasteiger partial charge in [0.05, 0.1) is 6.54 Å². The molecule has 1 heteroatoms. The fourth-order valence-electron chi connectivity index (χ4n) is 0.225. The molecule has 0 aromatic heterocycles. The summed E-state index contributed by atoms with van der Waals surface area (Å²) >= 11 is 0. The van der Waals surface area contributed by atoms with Crippen LogP contribution in [-0.4, -0.2) is 7.05 Å². The molecule has 0 unspecified atom stereocenters. The summed E-state index contributed by atoms with van der Waals surface area (Å²) in [6.45, 7) is 3.75. The molecule has 0 aromatic rings. The van der Waals surface area contributed by atoms with E-state index in [0.717, 1.165) is 6.42 Å². The van der Waals surface area contributed by atoms with Crippen LogP contribution in [0.2, 0.25) is 0 Å². The number of rotatable bonds is 1. The quantitative estimate of drug-likeness (QED) is 0.476. The molecule has 0 aromatic carbocycles. The van der Waals surface area contributed by atoms with E-state index >= 15 is 0 Å². The molecular formula is C6H10N. The minimum absolute atomic E-state index is 0.929. The highest BCUT2D eigenvalue weighted by Gasteiger charge is 1.63. The average molecular weight is 96.2 g/mol. The van der Waals surface area contributed by atoms with Gasteiger partial charge >= 0.3 is 0 Å². The maximum absolute atomic E-state index is 2.88. The molecule has 7 heavy (non-hydrogen) atoms. The Kier molecular flexibility index (Phi) is 5.14. The topological polar surface area (TPSA) is 12.0 Å². The van der Waals surface area contributed by atoms with Crippen molar-refractivity contribution >= 4 is 0 Å². The van der Waals surface area contributed by atoms with E-state index in [9.17, 15) is 0 Å². The summed E-state index contributed by atoms with van der Waals surface area (Å²) in [5.74, 6) is 5.68. The normalized spacial score (nSPS) is 7.14. The van der Waals surface area contributed by atoms with Crippen molar-refractivity contribution in [3.05, 3.63) is 6.54 Å². The Hall–Kier alpha value is -0.480. The van der Waals surface area contributed by atoms with Gasteiger partial charge in [0, 0.05) is 6.42 Å². The fraction of sp³-hybridized carbons (Fsp3) is 0.500. The molecule has 0 fully saturated rings. The molecule has 0 saturated carbocycles. The van der Waals surface area contributed by atoms with E-state index in [1.165, 1.54) is 0 Å². The SMILES string of the molecule is CCC#C[CH]NC. The molecule has 39 valence electrons. The maximum atomic E-state index is 2.88. The molecule has 0 aliphatic rings. The van der Waals surface area contributed by atoms with Gasteiger partial charge < -0.3 is 5.32 Å². The van der Waals surface area contributed by atoms with Crippen LogP contribution in [0.3, 0.4) is 0 Å². The van der Waals surface area contributed by atoms with E-state index in [2.05, 4.69) is 17.2 Å². The molecule has 1 N–H and O–H groups in total. The van der Waals surface area contributed by atoms with Gasteiger partial charge in [0.2, 0.25) is 0 Å². The van der Waals surface area contributed by atoms with Gasteiger partial charge in [0.1, 0.15) is 0 Å². The van der Waals surface area contributed by atoms with E-state index in [-0.39, 0.29) is 0 Å². The van der Waals surface area contributed by atoms with Crippen LogP contribution in [0.25, 0.3) is 0 Å². The van der Waals surface area contributed by atoms with Crippen molar-refractivity contribution in [1.82, 2.24) is 5.32 Å². The number of nitrogens with one attached hydrogen (secondary N) is 1. The standard InChI is InChI=1S/C6H10N/c1-3-4-5-6-7-2/h6-7H,3H2,1-2H3. The van der Waals surface area contributed by atoms with Gasteiger partial charge in [0.25, 0.3) is 0 Å². The van der Waals surface area contributed by atoms with E-state index in [1.54, 1.807) is 6.54 Å². The number of hydrogen-bond acceptors (Lipinski definition) is 1. The second kappa shape index (κ2) is 5.52. The van der Waals surface area contributed by atoms with Gasteiger partial charge in [-0.2, -0.15) is 0 Å². The summed E-state index contributed by atoms with van der Waals surface area (Å²) in [6, 6.07) is 0. The van der Waals surface area contributed by atoms with Gasteiger partial charge in [-0.25, -0.2) is 0 Å². The average Bonchev–Trinajstić information content (AvgIpc) is 1.69. The first-order valence-corrected chi connectivity index (χ1v) is 2.39. The van der Waals surface area contributed by atoms with Gasteiger partial charge in [-0.15, -0.1) is 5.92 Å². The minimum Gasteiger partial charge on any atom is -0.305 e. The van der Waals surface area contributed by atoms with Crippen LogP contribution in [0.1, 0.15) is 13.3 Å². The van der Waals surface area contributed by atoms with Crippen molar-refractivity contribution in [2.75, 3.05) is 7.05 Å². The van der Waals surface area contributed by atoms with Crippen LogP contribution >= 0.6 is 0 Å². The van der Waals surface area contributed by atoms with Crippen LogP contribution < -0.4 is 5.32 Å². The molecule has 0 spiro atoms. The molecule has 0 bridgehead atoms. The van der Waals surface area contributed by atoms with Crippen molar-refractivity contribution in [1.29, 1.82) is 0 Å². The lowest BCUT2D eigenvalue weighted by molar-refractivity contribution is 1.04. The Balaban J connectivity index is 2.91. The second-order valence-electron chi connectivity index (χ2n) is 1.11. The summed E-state index contributed by atoms with van der Waals surface area (Å²) in [6.07, 6.45) is 0.929. The molecule has 0 rings (SSSR count). The van der Waals surface area contributed by atoms with Crippen LogP contribution in [0.5, 0.6) is 0 Å². The lowest BCUT2D eigenvalue weighted by atomic mass is 10.5. The summed E-state index contributed by atoms with van der Waals surface area (Å²) < 4.78 is 0. The van der Waals surface area contributed by atoms with Crippen LogP contribution in [0.15, 0.2) is 0 Å². The van der Waals surface area contributed by atoms with Crippen molar-refractivity contribution in [2.24, 2.45) is 0 Å². The first-order valence-electron chi connectivity index (χ1n) is 2.39. The number of hydrogen-bond donors (Lipinski definition) is 1. The first kappa shape index (κ1) is 6.52. The van der Waals surface area contributed by atoms with Gasteiger partial charge in [-0.1, -0.05) is 12.8 Å².